The second-order valence-corrected chi connectivity index (χ2v) is 10.4. The summed E-state index contributed by atoms with van der Waals surface area (Å²) in [4.78, 5) is 12.6. The number of anilines is 2. The van der Waals surface area contributed by atoms with Crippen LogP contribution in [-0.2, 0) is 28.4 Å². The van der Waals surface area contributed by atoms with Crippen molar-refractivity contribution in [3.05, 3.63) is 78.4 Å². The van der Waals surface area contributed by atoms with Crippen molar-refractivity contribution >= 4 is 49.8 Å². The van der Waals surface area contributed by atoms with Crippen molar-refractivity contribution in [3.63, 3.8) is 0 Å². The first-order valence-electron chi connectivity index (χ1n) is 10.2. The molecule has 0 fully saturated rings. The lowest BCUT2D eigenvalue weighted by Crippen LogP contribution is -2.30. The molecule has 1 amide bonds. The molecule has 0 aliphatic rings. The molecule has 0 radical (unpaired) electrons. The quantitative estimate of drug-likeness (QED) is 0.371. The highest BCUT2D eigenvalue weighted by atomic mass is 32.2. The minimum atomic E-state index is -3.66. The Hall–Kier alpha value is -3.44. The molecule has 0 bridgehead atoms. The number of thioether (sulfide) groups is 1. The van der Waals surface area contributed by atoms with Crippen LogP contribution in [0.2, 0.25) is 0 Å². The molecule has 0 aliphatic heterocycles. The fraction of sp³-hybridized carbons (Fsp3) is 0.174. The number of hydrogen-bond acceptors (Lipinski definition) is 6. The number of benzene rings is 3. The van der Waals surface area contributed by atoms with Crippen LogP contribution in [-0.4, -0.2) is 41.1 Å². The number of fused-ring (bicyclic) bond motifs is 1. The van der Waals surface area contributed by atoms with Gasteiger partial charge in [0.2, 0.25) is 15.9 Å². The van der Waals surface area contributed by atoms with Crippen LogP contribution in [0.3, 0.4) is 0 Å². The molecule has 1 heterocycles. The van der Waals surface area contributed by atoms with E-state index in [-0.39, 0.29) is 18.2 Å². The first kappa shape index (κ1) is 23.7. The maximum absolute atomic E-state index is 13.3. The first-order chi connectivity index (χ1) is 16.2. The third-order valence-corrected chi connectivity index (χ3v) is 7.28. The summed E-state index contributed by atoms with van der Waals surface area (Å²) in [5.74, 6) is -0.179. The molecule has 0 aliphatic carbocycles. The predicted molar refractivity (Wildman–Crippen MR) is 132 cm³/mol. The van der Waals surface area contributed by atoms with Crippen molar-refractivity contribution in [2.45, 2.75) is 11.7 Å². The van der Waals surface area contributed by atoms with Crippen LogP contribution in [0.4, 0.5) is 15.8 Å². The highest BCUT2D eigenvalue weighted by Crippen LogP contribution is 2.25. The lowest BCUT2D eigenvalue weighted by Gasteiger charge is -2.21. The number of halogens is 1. The minimum Gasteiger partial charge on any atom is -0.325 e. The van der Waals surface area contributed by atoms with Crippen LogP contribution in [0.5, 0.6) is 0 Å². The Labute approximate surface area is 200 Å². The molecule has 1 aromatic heterocycles. The van der Waals surface area contributed by atoms with Gasteiger partial charge in [0, 0.05) is 18.1 Å². The Morgan fingerprint density at radius 2 is 1.76 bits per heavy atom. The zero-order valence-electron chi connectivity index (χ0n) is 18.5. The van der Waals surface area contributed by atoms with Crippen LogP contribution >= 0.6 is 11.8 Å². The molecule has 4 aromatic rings. The Morgan fingerprint density at radius 1 is 1.06 bits per heavy atom. The fourth-order valence-corrected chi connectivity index (χ4v) is 4.98. The molecule has 11 heteroatoms. The summed E-state index contributed by atoms with van der Waals surface area (Å²) < 4.78 is 40.7. The number of carbonyl (C=O) groups excluding carboxylic acids is 1. The predicted octanol–water partition coefficient (Wildman–Crippen LogP) is 3.80. The van der Waals surface area contributed by atoms with E-state index < -0.39 is 15.8 Å². The van der Waals surface area contributed by atoms with E-state index in [1.54, 1.807) is 11.6 Å². The largest absolute Gasteiger partial charge is 0.325 e. The van der Waals surface area contributed by atoms with Gasteiger partial charge in [-0.1, -0.05) is 48.2 Å². The van der Waals surface area contributed by atoms with Gasteiger partial charge in [-0.05, 0) is 35.7 Å². The molecule has 0 saturated carbocycles. The number of rotatable bonds is 8. The number of carbonyl (C=O) groups is 1. The number of nitrogens with zero attached hydrogens (tertiary/aromatic N) is 4. The average molecular weight is 500 g/mol. The third-order valence-electron chi connectivity index (χ3n) is 5.12. The van der Waals surface area contributed by atoms with Gasteiger partial charge in [-0.3, -0.25) is 9.10 Å². The molecule has 3 aromatic carbocycles. The zero-order chi connectivity index (χ0) is 24.3. The van der Waals surface area contributed by atoms with Gasteiger partial charge < -0.3 is 9.88 Å². The Bertz CT molecular complexity index is 1430. The SMILES string of the molecule is Cn1c(CN(c2ccc(F)cc2)S(C)(=O)=O)nnc1SCC(=O)Nc1cccc2ccccc12. The van der Waals surface area contributed by atoms with Crippen LogP contribution < -0.4 is 9.62 Å². The average Bonchev–Trinajstić information content (AvgIpc) is 3.15. The van der Waals surface area contributed by atoms with Crippen molar-refractivity contribution in [2.24, 2.45) is 7.05 Å². The van der Waals surface area contributed by atoms with Gasteiger partial charge in [-0.2, -0.15) is 0 Å². The standard InChI is InChI=1S/C23H22FN5O3S2/c1-28-21(14-29(34(2,31)32)18-12-10-17(24)11-13-18)26-27-23(28)33-15-22(30)25-20-9-5-7-16-6-3-4-8-19(16)20/h3-13H,14-15H2,1-2H3,(H,25,30). The molecule has 34 heavy (non-hydrogen) atoms. The minimum absolute atomic E-state index is 0.0866. The van der Waals surface area contributed by atoms with Gasteiger partial charge >= 0.3 is 0 Å². The maximum atomic E-state index is 13.3. The maximum Gasteiger partial charge on any atom is 0.234 e. The molecule has 1 N–H and O–H groups in total. The monoisotopic (exact) mass is 499 g/mol. The van der Waals surface area contributed by atoms with E-state index in [9.17, 15) is 17.6 Å². The normalized spacial score (nSPS) is 11.5. The first-order valence-corrected chi connectivity index (χ1v) is 13.1. The van der Waals surface area contributed by atoms with Gasteiger partial charge in [0.15, 0.2) is 11.0 Å². The number of nitrogens with one attached hydrogen (secondary N) is 1. The molecule has 0 unspecified atom stereocenters. The van der Waals surface area contributed by atoms with Gasteiger partial charge in [-0.15, -0.1) is 10.2 Å². The van der Waals surface area contributed by atoms with E-state index in [1.165, 1.54) is 36.0 Å². The summed E-state index contributed by atoms with van der Waals surface area (Å²) in [6.07, 6.45) is 1.07. The van der Waals surface area contributed by atoms with Gasteiger partial charge in [0.25, 0.3) is 0 Å². The Kier molecular flexibility index (Phi) is 6.85. The summed E-state index contributed by atoms with van der Waals surface area (Å²) in [6.45, 7) is -0.0866. The summed E-state index contributed by atoms with van der Waals surface area (Å²) in [5, 5.41) is 13.6. The molecule has 8 nitrogen and oxygen atoms in total. The van der Waals surface area contributed by atoms with E-state index >= 15 is 0 Å². The highest BCUT2D eigenvalue weighted by Gasteiger charge is 2.22. The van der Waals surface area contributed by atoms with Gasteiger partial charge in [-0.25, -0.2) is 12.8 Å². The van der Waals surface area contributed by atoms with Gasteiger partial charge in [0.05, 0.1) is 24.2 Å². The molecule has 0 saturated heterocycles. The lowest BCUT2D eigenvalue weighted by atomic mass is 10.1. The molecule has 0 atom stereocenters. The topological polar surface area (TPSA) is 97.2 Å². The molecule has 4 rings (SSSR count). The fourth-order valence-electron chi connectivity index (χ4n) is 3.40. The molecule has 0 spiro atoms. The lowest BCUT2D eigenvalue weighted by molar-refractivity contribution is -0.113. The highest BCUT2D eigenvalue weighted by molar-refractivity contribution is 7.99. The van der Waals surface area contributed by atoms with Crippen molar-refractivity contribution in [2.75, 3.05) is 21.6 Å². The van der Waals surface area contributed by atoms with Crippen LogP contribution in [0.1, 0.15) is 5.82 Å². The van der Waals surface area contributed by atoms with E-state index in [1.807, 2.05) is 42.5 Å². The molecular weight excluding hydrogens is 477 g/mol. The number of hydrogen-bond donors (Lipinski definition) is 1. The van der Waals surface area contributed by atoms with Crippen LogP contribution in [0.15, 0.2) is 71.9 Å². The third kappa shape index (κ3) is 5.37. The van der Waals surface area contributed by atoms with Crippen LogP contribution in [0, 0.1) is 5.82 Å². The number of aromatic nitrogens is 3. The summed E-state index contributed by atoms with van der Waals surface area (Å²) in [7, 11) is -1.96. The second-order valence-electron chi connectivity index (χ2n) is 7.57. The number of sulfonamides is 1. The van der Waals surface area contributed by atoms with Crippen molar-refractivity contribution in [1.82, 2.24) is 14.8 Å². The van der Waals surface area contributed by atoms with E-state index in [2.05, 4.69) is 15.5 Å². The molecule has 176 valence electrons. The Balaban J connectivity index is 1.44. The molecular formula is C23H22FN5O3S2. The smallest absolute Gasteiger partial charge is 0.234 e. The summed E-state index contributed by atoms with van der Waals surface area (Å²) in [6, 6.07) is 18.7. The Morgan fingerprint density at radius 3 is 2.50 bits per heavy atom. The van der Waals surface area contributed by atoms with Crippen molar-refractivity contribution in [3.8, 4) is 0 Å². The second kappa shape index (κ2) is 9.82. The van der Waals surface area contributed by atoms with Crippen molar-refractivity contribution in [1.29, 1.82) is 0 Å². The van der Waals surface area contributed by atoms with E-state index in [0.717, 1.165) is 27.0 Å². The number of amides is 1. The summed E-state index contributed by atoms with van der Waals surface area (Å²) >= 11 is 1.19. The van der Waals surface area contributed by atoms with Crippen LogP contribution in [0.25, 0.3) is 10.8 Å². The summed E-state index contributed by atoms with van der Waals surface area (Å²) in [5.41, 5.74) is 1.04. The van der Waals surface area contributed by atoms with E-state index in [4.69, 9.17) is 0 Å². The van der Waals surface area contributed by atoms with Crippen molar-refractivity contribution < 1.29 is 17.6 Å². The van der Waals surface area contributed by atoms with Gasteiger partial charge in [0.1, 0.15) is 5.82 Å². The zero-order valence-corrected chi connectivity index (χ0v) is 20.1. The van der Waals surface area contributed by atoms with E-state index in [0.29, 0.717) is 16.7 Å².